The molecule has 0 amide bonds. The first kappa shape index (κ1) is 24.0. The van der Waals surface area contributed by atoms with Gasteiger partial charge in [0.2, 0.25) is 0 Å². The number of carbonyl (C=O) groups is 1. The second-order valence-electron chi connectivity index (χ2n) is 7.28. The van der Waals surface area contributed by atoms with Gasteiger partial charge in [-0.3, -0.25) is 0 Å². The van der Waals surface area contributed by atoms with Gasteiger partial charge in [-0.1, -0.05) is 35.9 Å². The molecule has 2 aromatic carbocycles. The van der Waals surface area contributed by atoms with Gasteiger partial charge >= 0.3 is 5.97 Å². The van der Waals surface area contributed by atoms with E-state index in [1.165, 1.54) is 10.4 Å². The van der Waals surface area contributed by atoms with Crippen LogP contribution in [-0.4, -0.2) is 40.2 Å². The summed E-state index contributed by atoms with van der Waals surface area (Å²) in [6, 6.07) is 19.0. The van der Waals surface area contributed by atoms with E-state index in [-0.39, 0.29) is 17.3 Å². The molecule has 2 heterocycles. The van der Waals surface area contributed by atoms with Gasteiger partial charge in [0.1, 0.15) is 9.96 Å². The van der Waals surface area contributed by atoms with E-state index in [4.69, 9.17) is 21.4 Å². The van der Waals surface area contributed by atoms with Crippen LogP contribution in [0.25, 0.3) is 5.69 Å². The van der Waals surface area contributed by atoms with Gasteiger partial charge in [0.25, 0.3) is 10.0 Å². The summed E-state index contributed by atoms with van der Waals surface area (Å²) in [6.07, 6.45) is 3.51. The van der Waals surface area contributed by atoms with Crippen LogP contribution in [0.3, 0.4) is 0 Å². The summed E-state index contributed by atoms with van der Waals surface area (Å²) >= 11 is 7.00. The Bertz CT molecular complexity index is 1370. The monoisotopic (exact) mass is 517 g/mol. The van der Waals surface area contributed by atoms with E-state index >= 15 is 0 Å². The van der Waals surface area contributed by atoms with Crippen LogP contribution in [0, 0.1) is 0 Å². The van der Waals surface area contributed by atoms with Gasteiger partial charge in [0.05, 0.1) is 10.0 Å². The second-order valence-corrected chi connectivity index (χ2v) is 11.2. The van der Waals surface area contributed by atoms with E-state index in [1.54, 1.807) is 41.2 Å². The third kappa shape index (κ3) is 5.84. The number of carboxylic acid groups (broad SMARTS) is 1. The fourth-order valence-corrected chi connectivity index (χ4v) is 6.30. The Hall–Kier alpha value is -3.18. The van der Waals surface area contributed by atoms with Gasteiger partial charge in [0, 0.05) is 25.5 Å². The average molecular weight is 518 g/mol. The van der Waals surface area contributed by atoms with E-state index < -0.39 is 22.6 Å². The second kappa shape index (κ2) is 10.4. The molecule has 4 aromatic rings. The summed E-state index contributed by atoms with van der Waals surface area (Å²) in [5.41, 5.74) is 2.30. The smallest absolute Gasteiger partial charge is 0.341 e. The molecular formula is C23H20ClN3O5S2. The van der Waals surface area contributed by atoms with Gasteiger partial charge in [-0.2, -0.15) is 9.40 Å². The highest BCUT2D eigenvalue weighted by Gasteiger charge is 2.27. The minimum Gasteiger partial charge on any atom is -0.482 e. The molecule has 0 atom stereocenters. The number of rotatable bonds is 10. The molecule has 1 N–H and O–H groups in total. The van der Waals surface area contributed by atoms with Crippen LogP contribution in [0.5, 0.6) is 5.75 Å². The zero-order valence-electron chi connectivity index (χ0n) is 17.7. The highest BCUT2D eigenvalue weighted by atomic mass is 35.5. The maximum Gasteiger partial charge on any atom is 0.341 e. The molecule has 2 aromatic heterocycles. The molecule has 0 bridgehead atoms. The number of nitrogens with zero attached hydrogens (tertiary/aromatic N) is 3. The third-order valence-electron chi connectivity index (χ3n) is 4.83. The van der Waals surface area contributed by atoms with Crippen LogP contribution >= 0.6 is 22.9 Å². The lowest BCUT2D eigenvalue weighted by Gasteiger charge is -2.22. The fraction of sp³-hybridized carbons (Fsp3) is 0.130. The number of sulfonamides is 1. The highest BCUT2D eigenvalue weighted by Crippen LogP contribution is 2.30. The molecule has 0 aliphatic heterocycles. The highest BCUT2D eigenvalue weighted by molar-refractivity contribution is 7.91. The van der Waals surface area contributed by atoms with Crippen LogP contribution in [0.1, 0.15) is 11.1 Å². The van der Waals surface area contributed by atoms with Crippen molar-refractivity contribution in [1.82, 2.24) is 14.1 Å². The van der Waals surface area contributed by atoms with E-state index in [0.29, 0.717) is 15.6 Å². The van der Waals surface area contributed by atoms with Gasteiger partial charge in [-0.15, -0.1) is 11.3 Å². The molecule has 0 unspecified atom stereocenters. The number of aliphatic carboxylic acids is 1. The SMILES string of the molecule is O=C(O)COc1cccc(CN(Cc2ccc(-n3cccn3)cc2)S(=O)(=O)c2ccc(Cl)s2)c1. The van der Waals surface area contributed by atoms with E-state index in [2.05, 4.69) is 5.10 Å². The van der Waals surface area contributed by atoms with Crippen LogP contribution in [0.15, 0.2) is 83.3 Å². The van der Waals surface area contributed by atoms with Crippen LogP contribution in [0.4, 0.5) is 0 Å². The summed E-state index contributed by atoms with van der Waals surface area (Å²) in [4.78, 5) is 10.8. The molecular weight excluding hydrogens is 498 g/mol. The zero-order chi connectivity index (χ0) is 24.1. The van der Waals surface area contributed by atoms with Crippen molar-refractivity contribution in [3.8, 4) is 11.4 Å². The summed E-state index contributed by atoms with van der Waals surface area (Å²) in [7, 11) is -3.85. The maximum atomic E-state index is 13.5. The Balaban J connectivity index is 1.61. The number of benzene rings is 2. The molecule has 0 spiro atoms. The fourth-order valence-electron chi connectivity index (χ4n) is 3.25. The van der Waals surface area contributed by atoms with Crippen molar-refractivity contribution in [2.45, 2.75) is 17.3 Å². The number of aromatic nitrogens is 2. The third-order valence-corrected chi connectivity index (χ3v) is 8.32. The molecule has 0 radical (unpaired) electrons. The van der Waals surface area contributed by atoms with Gasteiger partial charge in [-0.05, 0) is 53.6 Å². The molecule has 4 rings (SSSR count). The van der Waals surface area contributed by atoms with Crippen molar-refractivity contribution >= 4 is 38.9 Å². The Morgan fingerprint density at radius 3 is 2.47 bits per heavy atom. The van der Waals surface area contributed by atoms with Gasteiger partial charge in [-0.25, -0.2) is 17.9 Å². The summed E-state index contributed by atoms with van der Waals surface area (Å²) in [6.45, 7) is -0.303. The van der Waals surface area contributed by atoms with E-state index in [0.717, 1.165) is 22.6 Å². The maximum absolute atomic E-state index is 13.5. The first-order chi connectivity index (χ1) is 16.3. The Kier molecular flexibility index (Phi) is 7.32. The molecule has 0 aliphatic carbocycles. The largest absolute Gasteiger partial charge is 0.482 e. The number of halogens is 1. The normalized spacial score (nSPS) is 11.6. The lowest BCUT2D eigenvalue weighted by atomic mass is 10.2. The van der Waals surface area contributed by atoms with E-state index in [1.807, 2.05) is 36.5 Å². The molecule has 0 fully saturated rings. The molecule has 11 heteroatoms. The number of carboxylic acids is 1. The summed E-state index contributed by atoms with van der Waals surface area (Å²) in [5.74, 6) is -0.747. The predicted octanol–water partition coefficient (Wildman–Crippen LogP) is 4.44. The van der Waals surface area contributed by atoms with Crippen molar-refractivity contribution in [2.75, 3.05) is 6.61 Å². The van der Waals surface area contributed by atoms with E-state index in [9.17, 15) is 13.2 Å². The minimum atomic E-state index is -3.85. The van der Waals surface area contributed by atoms with Gasteiger partial charge < -0.3 is 9.84 Å². The molecule has 176 valence electrons. The van der Waals surface area contributed by atoms with Crippen molar-refractivity contribution in [1.29, 1.82) is 0 Å². The number of thiophene rings is 1. The quantitative estimate of drug-likeness (QED) is 0.333. The first-order valence-corrected chi connectivity index (χ1v) is 12.7. The predicted molar refractivity (Wildman–Crippen MR) is 129 cm³/mol. The Morgan fingerprint density at radius 2 is 1.82 bits per heavy atom. The number of ether oxygens (including phenoxy) is 1. The topological polar surface area (TPSA) is 102 Å². The molecule has 0 aliphatic rings. The minimum absolute atomic E-state index is 0.0586. The molecule has 34 heavy (non-hydrogen) atoms. The average Bonchev–Trinajstić information content (AvgIpc) is 3.50. The van der Waals surface area contributed by atoms with Crippen LogP contribution in [0.2, 0.25) is 4.34 Å². The Labute approximate surface area is 205 Å². The van der Waals surface area contributed by atoms with Crippen LogP contribution in [-0.2, 0) is 27.9 Å². The van der Waals surface area contributed by atoms with Gasteiger partial charge in [0.15, 0.2) is 6.61 Å². The number of hydrogen-bond donors (Lipinski definition) is 1. The standard InChI is InChI=1S/C23H20ClN3O5S2/c24-21-9-10-23(33-21)34(30,31)26(15-18-3-1-4-20(13-18)32-16-22(28)29)14-17-5-7-19(8-6-17)27-12-2-11-25-27/h1-13H,14-16H2,(H,28,29). The van der Waals surface area contributed by atoms with Crippen molar-refractivity contribution in [2.24, 2.45) is 0 Å². The molecule has 0 saturated carbocycles. The molecule has 0 saturated heterocycles. The summed E-state index contributed by atoms with van der Waals surface area (Å²) < 4.78 is 35.8. The molecule has 8 nitrogen and oxygen atoms in total. The van der Waals surface area contributed by atoms with Crippen LogP contribution < -0.4 is 4.74 Å². The van der Waals surface area contributed by atoms with Crippen molar-refractivity contribution < 1.29 is 23.1 Å². The van der Waals surface area contributed by atoms with Crippen molar-refractivity contribution in [3.05, 3.63) is 94.6 Å². The summed E-state index contributed by atoms with van der Waals surface area (Å²) in [5, 5.41) is 13.0. The van der Waals surface area contributed by atoms with Crippen molar-refractivity contribution in [3.63, 3.8) is 0 Å². The Morgan fingerprint density at radius 1 is 1.06 bits per heavy atom. The lowest BCUT2D eigenvalue weighted by molar-refractivity contribution is -0.139. The first-order valence-electron chi connectivity index (χ1n) is 10.1. The number of hydrogen-bond acceptors (Lipinski definition) is 6. The zero-order valence-corrected chi connectivity index (χ0v) is 20.1. The lowest BCUT2D eigenvalue weighted by Crippen LogP contribution is -2.29.